The normalized spacial score (nSPS) is 16.3. The maximum atomic E-state index is 12.3. The Morgan fingerprint density at radius 2 is 2.05 bits per heavy atom. The van der Waals surface area contributed by atoms with Gasteiger partial charge in [0.1, 0.15) is 5.25 Å². The molecule has 1 aliphatic heterocycles. The summed E-state index contributed by atoms with van der Waals surface area (Å²) in [5.74, 6) is -0.385. The first kappa shape index (κ1) is 13.9. The number of hydrogen-bond acceptors (Lipinski definition) is 4. The molecule has 2 N–H and O–H groups in total. The zero-order chi connectivity index (χ0) is 14.4. The minimum atomic E-state index is -3.38. The van der Waals surface area contributed by atoms with Gasteiger partial charge in [-0.05, 0) is 37.5 Å². The number of nitrogens with zero attached hydrogens (tertiary/aromatic N) is 1. The smallest absolute Gasteiger partial charge is 0.245 e. The molecule has 0 saturated heterocycles. The van der Waals surface area contributed by atoms with Gasteiger partial charge in [-0.3, -0.25) is 4.79 Å². The van der Waals surface area contributed by atoms with E-state index in [0.29, 0.717) is 12.2 Å². The molecule has 0 saturated carbocycles. The first-order valence-electron chi connectivity index (χ1n) is 6.11. The average molecular weight is 282 g/mol. The number of aryl methyl sites for hydroxylation is 1. The number of anilines is 2. The monoisotopic (exact) mass is 282 g/mol. The summed E-state index contributed by atoms with van der Waals surface area (Å²) in [4.78, 5) is 13.8. The molecule has 1 aromatic carbocycles. The van der Waals surface area contributed by atoms with Gasteiger partial charge in [-0.25, -0.2) is 8.42 Å². The Morgan fingerprint density at radius 1 is 1.42 bits per heavy atom. The zero-order valence-electron chi connectivity index (χ0n) is 11.3. The topological polar surface area (TPSA) is 80.5 Å². The van der Waals surface area contributed by atoms with Gasteiger partial charge in [0.2, 0.25) is 5.91 Å². The summed E-state index contributed by atoms with van der Waals surface area (Å²) >= 11 is 0. The van der Waals surface area contributed by atoms with Crippen molar-refractivity contribution in [2.75, 3.05) is 23.4 Å². The van der Waals surface area contributed by atoms with Crippen LogP contribution in [0.25, 0.3) is 0 Å². The number of fused-ring (bicyclic) bond motifs is 1. The summed E-state index contributed by atoms with van der Waals surface area (Å²) < 4.78 is 23.0. The van der Waals surface area contributed by atoms with Gasteiger partial charge < -0.3 is 10.6 Å². The van der Waals surface area contributed by atoms with Crippen molar-refractivity contribution in [3.63, 3.8) is 0 Å². The van der Waals surface area contributed by atoms with Crippen LogP contribution in [0.3, 0.4) is 0 Å². The van der Waals surface area contributed by atoms with E-state index in [0.717, 1.165) is 29.5 Å². The lowest BCUT2D eigenvalue weighted by molar-refractivity contribution is -0.117. The van der Waals surface area contributed by atoms with E-state index in [4.69, 9.17) is 5.73 Å². The van der Waals surface area contributed by atoms with Gasteiger partial charge in [-0.1, -0.05) is 6.07 Å². The third-order valence-corrected chi connectivity index (χ3v) is 5.10. The molecule has 19 heavy (non-hydrogen) atoms. The van der Waals surface area contributed by atoms with Crippen molar-refractivity contribution in [3.8, 4) is 0 Å². The molecule has 0 spiro atoms. The van der Waals surface area contributed by atoms with Crippen molar-refractivity contribution < 1.29 is 13.2 Å². The molecule has 1 heterocycles. The van der Waals surface area contributed by atoms with E-state index in [1.54, 1.807) is 6.07 Å². The van der Waals surface area contributed by atoms with Gasteiger partial charge in [0.25, 0.3) is 0 Å². The summed E-state index contributed by atoms with van der Waals surface area (Å²) in [7, 11) is -3.38. The van der Waals surface area contributed by atoms with Crippen LogP contribution in [0.4, 0.5) is 11.4 Å². The summed E-state index contributed by atoms with van der Waals surface area (Å²) in [5, 5.41) is -1.03. The van der Waals surface area contributed by atoms with E-state index in [1.807, 2.05) is 13.0 Å². The van der Waals surface area contributed by atoms with Gasteiger partial charge in [-0.2, -0.15) is 0 Å². The Morgan fingerprint density at radius 3 is 2.63 bits per heavy atom. The van der Waals surface area contributed by atoms with Crippen LogP contribution >= 0.6 is 0 Å². The molecule has 1 atom stereocenters. The molecule has 1 aliphatic rings. The molecule has 0 aliphatic carbocycles. The Hall–Kier alpha value is -1.56. The molecule has 5 nitrogen and oxygen atoms in total. The Labute approximate surface area is 113 Å². The second-order valence-corrected chi connectivity index (χ2v) is 7.42. The van der Waals surface area contributed by atoms with E-state index < -0.39 is 15.1 Å². The van der Waals surface area contributed by atoms with E-state index in [9.17, 15) is 13.2 Å². The number of nitrogens with two attached hydrogens (primary N) is 1. The zero-order valence-corrected chi connectivity index (χ0v) is 12.1. The second kappa shape index (κ2) is 4.52. The Balaban J connectivity index is 2.38. The largest absolute Gasteiger partial charge is 0.398 e. The highest BCUT2D eigenvalue weighted by molar-refractivity contribution is 7.92. The number of hydrogen-bond donors (Lipinski definition) is 1. The minimum absolute atomic E-state index is 0.385. The van der Waals surface area contributed by atoms with Crippen molar-refractivity contribution in [1.82, 2.24) is 0 Å². The van der Waals surface area contributed by atoms with Crippen LogP contribution in [0.1, 0.15) is 18.1 Å². The Kier molecular flexibility index (Phi) is 3.30. The van der Waals surface area contributed by atoms with Crippen LogP contribution < -0.4 is 10.6 Å². The van der Waals surface area contributed by atoms with Crippen LogP contribution in [0.15, 0.2) is 12.1 Å². The predicted molar refractivity (Wildman–Crippen MR) is 76.0 cm³/mol. The van der Waals surface area contributed by atoms with Gasteiger partial charge >= 0.3 is 0 Å². The van der Waals surface area contributed by atoms with Crippen LogP contribution in [0.2, 0.25) is 0 Å². The first-order valence-corrected chi connectivity index (χ1v) is 8.06. The number of carbonyl (C=O) groups excluding carboxylic acids is 1. The van der Waals surface area contributed by atoms with Crippen molar-refractivity contribution in [3.05, 3.63) is 23.3 Å². The van der Waals surface area contributed by atoms with Crippen LogP contribution in [0.5, 0.6) is 0 Å². The molecule has 1 amide bonds. The second-order valence-electron chi connectivity index (χ2n) is 5.05. The fraction of sp³-hybridized carbons (Fsp3) is 0.462. The van der Waals surface area contributed by atoms with Gasteiger partial charge in [0.05, 0.1) is 0 Å². The van der Waals surface area contributed by atoms with Gasteiger partial charge in [0.15, 0.2) is 9.84 Å². The molecular formula is C13H18N2O3S. The van der Waals surface area contributed by atoms with Crippen LogP contribution in [-0.4, -0.2) is 32.4 Å². The first-order chi connectivity index (χ1) is 8.71. The lowest BCUT2D eigenvalue weighted by Crippen LogP contribution is -2.40. The SMILES string of the molecule is Cc1cc2c(cc1N)N(C(=O)C(C)S(C)(=O)=O)CC2. The van der Waals surface area contributed by atoms with Crippen LogP contribution in [0, 0.1) is 6.92 Å². The van der Waals surface area contributed by atoms with E-state index in [2.05, 4.69) is 0 Å². The lowest BCUT2D eigenvalue weighted by Gasteiger charge is -2.21. The molecule has 2 rings (SSSR count). The van der Waals surface area contributed by atoms with Crippen molar-refractivity contribution >= 4 is 27.1 Å². The highest BCUT2D eigenvalue weighted by atomic mass is 32.2. The van der Waals surface area contributed by atoms with E-state index in [-0.39, 0.29) is 5.91 Å². The predicted octanol–water partition coefficient (Wildman–Crippen LogP) is 0.899. The minimum Gasteiger partial charge on any atom is -0.398 e. The molecule has 1 unspecified atom stereocenters. The number of amides is 1. The molecule has 1 aromatic rings. The van der Waals surface area contributed by atoms with Crippen molar-refractivity contribution in [2.24, 2.45) is 0 Å². The Bertz CT molecular complexity index is 638. The highest BCUT2D eigenvalue weighted by Crippen LogP contribution is 2.32. The number of sulfone groups is 1. The lowest BCUT2D eigenvalue weighted by atomic mass is 10.1. The summed E-state index contributed by atoms with van der Waals surface area (Å²) in [6.07, 6.45) is 1.81. The highest BCUT2D eigenvalue weighted by Gasteiger charge is 2.33. The van der Waals surface area contributed by atoms with E-state index in [1.165, 1.54) is 11.8 Å². The molecule has 104 valence electrons. The van der Waals surface area contributed by atoms with Crippen molar-refractivity contribution in [1.29, 1.82) is 0 Å². The number of carbonyl (C=O) groups is 1. The van der Waals surface area contributed by atoms with Crippen molar-refractivity contribution in [2.45, 2.75) is 25.5 Å². The summed E-state index contributed by atoms with van der Waals surface area (Å²) in [6, 6.07) is 3.72. The standard InChI is InChI=1S/C13H18N2O3S/c1-8-6-10-4-5-15(12(10)7-11(8)14)13(16)9(2)19(3,17)18/h6-7,9H,4-5,14H2,1-3H3. The maximum absolute atomic E-state index is 12.3. The van der Waals surface area contributed by atoms with Crippen LogP contribution in [-0.2, 0) is 21.1 Å². The average Bonchev–Trinajstić information content (AvgIpc) is 2.69. The van der Waals surface area contributed by atoms with Gasteiger partial charge in [-0.15, -0.1) is 0 Å². The molecule has 0 bridgehead atoms. The summed E-state index contributed by atoms with van der Waals surface area (Å²) in [6.45, 7) is 3.85. The van der Waals surface area contributed by atoms with Gasteiger partial charge in [0, 0.05) is 24.2 Å². The molecule has 0 aromatic heterocycles. The molecule has 6 heteroatoms. The summed E-state index contributed by atoms with van der Waals surface area (Å²) in [5.41, 5.74) is 9.24. The molecule has 0 fully saturated rings. The fourth-order valence-electron chi connectivity index (χ4n) is 2.21. The maximum Gasteiger partial charge on any atom is 0.245 e. The fourth-order valence-corrected chi connectivity index (χ4v) is 2.70. The number of rotatable bonds is 2. The number of benzene rings is 1. The quantitative estimate of drug-likeness (QED) is 0.817. The van der Waals surface area contributed by atoms with E-state index >= 15 is 0 Å². The number of nitrogen functional groups attached to an aromatic ring is 1. The third-order valence-electron chi connectivity index (χ3n) is 3.62. The molecular weight excluding hydrogens is 264 g/mol. The third kappa shape index (κ3) is 2.45. The molecule has 0 radical (unpaired) electrons.